The topological polar surface area (TPSA) is 89.3 Å². The van der Waals surface area contributed by atoms with E-state index in [2.05, 4.69) is 20.8 Å². The lowest BCUT2D eigenvalue weighted by Crippen LogP contribution is -2.26. The van der Waals surface area contributed by atoms with Crippen molar-refractivity contribution >= 4 is 11.6 Å². The van der Waals surface area contributed by atoms with Crippen LogP contribution in [-0.4, -0.2) is 22.7 Å². The minimum Gasteiger partial charge on any atom is -0.482 e. The first-order chi connectivity index (χ1) is 11.7. The van der Waals surface area contributed by atoms with Gasteiger partial charge in [0, 0.05) is 11.5 Å². The highest BCUT2D eigenvalue weighted by atomic mass is 16.5. The van der Waals surface area contributed by atoms with Gasteiger partial charge in [-0.2, -0.15) is 4.98 Å². The molecule has 7 nitrogen and oxygen atoms in total. The number of nitrogens with one attached hydrogen (secondary N) is 2. The number of carbonyl (C=O) groups excluding carboxylic acids is 1. The number of carbonyl (C=O) groups is 1. The molecule has 0 saturated heterocycles. The number of hydrogen-bond acceptors (Lipinski definition) is 6. The predicted molar refractivity (Wildman–Crippen MR) is 93.5 cm³/mol. The number of anilines is 1. The Morgan fingerprint density at radius 1 is 1.24 bits per heavy atom. The fraction of sp³-hybridized carbons (Fsp3) is 0.500. The van der Waals surface area contributed by atoms with Gasteiger partial charge in [-0.15, -0.1) is 0 Å². The number of ether oxygens (including phenoxy) is 1. The molecule has 2 atom stereocenters. The number of rotatable bonds is 4. The normalized spacial score (nSPS) is 16.6. The Balaban J connectivity index is 1.71. The Labute approximate surface area is 147 Å². The van der Waals surface area contributed by atoms with Gasteiger partial charge in [-0.05, 0) is 31.5 Å². The molecular weight excluding hydrogens is 320 g/mol. The van der Waals surface area contributed by atoms with Crippen LogP contribution in [0.1, 0.15) is 64.0 Å². The highest BCUT2D eigenvalue weighted by Crippen LogP contribution is 2.31. The van der Waals surface area contributed by atoms with E-state index in [9.17, 15) is 4.79 Å². The zero-order valence-electron chi connectivity index (χ0n) is 15.2. The van der Waals surface area contributed by atoms with Crippen LogP contribution in [0.25, 0.3) is 0 Å². The van der Waals surface area contributed by atoms with Gasteiger partial charge < -0.3 is 14.6 Å². The molecule has 2 unspecified atom stereocenters. The maximum atomic E-state index is 11.5. The van der Waals surface area contributed by atoms with E-state index in [4.69, 9.17) is 9.26 Å². The SMILES string of the molecule is CC(NC(C)c1nc(C(C)(C)C)no1)c1ccc2c(c1)NC(=O)CO2. The molecule has 0 bridgehead atoms. The van der Waals surface area contributed by atoms with E-state index < -0.39 is 0 Å². The van der Waals surface area contributed by atoms with E-state index in [0.717, 1.165) is 5.56 Å². The molecule has 1 amide bonds. The second-order valence-electron chi connectivity index (χ2n) is 7.41. The van der Waals surface area contributed by atoms with E-state index in [-0.39, 0.29) is 30.0 Å². The van der Waals surface area contributed by atoms with Gasteiger partial charge in [0.15, 0.2) is 12.4 Å². The molecule has 0 saturated carbocycles. The van der Waals surface area contributed by atoms with Crippen LogP contribution < -0.4 is 15.4 Å². The lowest BCUT2D eigenvalue weighted by atomic mass is 9.96. The van der Waals surface area contributed by atoms with E-state index in [1.165, 1.54) is 0 Å². The minimum absolute atomic E-state index is 0.0316. The van der Waals surface area contributed by atoms with Gasteiger partial charge in [0.1, 0.15) is 5.75 Å². The van der Waals surface area contributed by atoms with Gasteiger partial charge in [-0.1, -0.05) is 32.0 Å². The van der Waals surface area contributed by atoms with Gasteiger partial charge in [0.2, 0.25) is 5.89 Å². The van der Waals surface area contributed by atoms with Gasteiger partial charge in [-0.25, -0.2) is 0 Å². The molecule has 0 spiro atoms. The second kappa shape index (κ2) is 6.48. The van der Waals surface area contributed by atoms with Crippen molar-refractivity contribution in [2.24, 2.45) is 0 Å². The van der Waals surface area contributed by atoms with Gasteiger partial charge in [0.05, 0.1) is 11.7 Å². The Morgan fingerprint density at radius 3 is 2.68 bits per heavy atom. The Hall–Kier alpha value is -2.41. The molecule has 1 aromatic heterocycles. The van der Waals surface area contributed by atoms with Crippen LogP contribution in [0, 0.1) is 0 Å². The van der Waals surface area contributed by atoms with Crippen molar-refractivity contribution in [2.45, 2.75) is 52.1 Å². The molecule has 2 heterocycles. The van der Waals surface area contributed by atoms with Crippen LogP contribution in [0.3, 0.4) is 0 Å². The summed E-state index contributed by atoms with van der Waals surface area (Å²) in [6.07, 6.45) is 0. The number of aromatic nitrogens is 2. The summed E-state index contributed by atoms with van der Waals surface area (Å²) in [7, 11) is 0. The fourth-order valence-corrected chi connectivity index (χ4v) is 2.63. The molecule has 7 heteroatoms. The Kier molecular flexibility index (Phi) is 4.51. The lowest BCUT2D eigenvalue weighted by molar-refractivity contribution is -0.118. The summed E-state index contributed by atoms with van der Waals surface area (Å²) in [5.41, 5.74) is 1.58. The zero-order chi connectivity index (χ0) is 18.2. The molecule has 2 N–H and O–H groups in total. The average molecular weight is 344 g/mol. The summed E-state index contributed by atoms with van der Waals surface area (Å²) < 4.78 is 10.8. The average Bonchev–Trinajstić information content (AvgIpc) is 3.04. The molecule has 1 aliphatic heterocycles. The monoisotopic (exact) mass is 344 g/mol. The fourth-order valence-electron chi connectivity index (χ4n) is 2.63. The summed E-state index contributed by atoms with van der Waals surface area (Å²) >= 11 is 0. The van der Waals surface area contributed by atoms with Crippen molar-refractivity contribution < 1.29 is 14.1 Å². The number of benzene rings is 1. The lowest BCUT2D eigenvalue weighted by Gasteiger charge is -2.22. The molecule has 25 heavy (non-hydrogen) atoms. The Bertz CT molecular complexity index is 779. The van der Waals surface area contributed by atoms with Crippen LogP contribution in [0.5, 0.6) is 5.75 Å². The molecule has 3 rings (SSSR count). The second-order valence-corrected chi connectivity index (χ2v) is 7.41. The summed E-state index contributed by atoms with van der Waals surface area (Å²) in [6.45, 7) is 10.2. The van der Waals surface area contributed by atoms with Crippen LogP contribution in [0.15, 0.2) is 22.7 Å². The first-order valence-corrected chi connectivity index (χ1v) is 8.41. The molecule has 0 radical (unpaired) electrons. The first kappa shape index (κ1) is 17.4. The number of hydrogen-bond donors (Lipinski definition) is 2. The molecular formula is C18H24N4O3. The summed E-state index contributed by atoms with van der Waals surface area (Å²) in [4.78, 5) is 16.0. The maximum Gasteiger partial charge on any atom is 0.262 e. The smallest absolute Gasteiger partial charge is 0.262 e. The molecule has 0 fully saturated rings. The quantitative estimate of drug-likeness (QED) is 0.886. The zero-order valence-corrected chi connectivity index (χ0v) is 15.2. The third-order valence-electron chi connectivity index (χ3n) is 4.12. The third-order valence-corrected chi connectivity index (χ3v) is 4.12. The highest BCUT2D eigenvalue weighted by Gasteiger charge is 2.24. The largest absolute Gasteiger partial charge is 0.482 e. The standard InChI is InChI=1S/C18H24N4O3/c1-10(12-6-7-14-13(8-12)20-15(23)9-24-14)19-11(2)16-21-17(22-25-16)18(3,4)5/h6-8,10-11,19H,9H2,1-5H3,(H,20,23). The molecule has 134 valence electrons. The van der Waals surface area contributed by atoms with Crippen molar-refractivity contribution in [3.05, 3.63) is 35.5 Å². The van der Waals surface area contributed by atoms with Crippen LogP contribution in [0.4, 0.5) is 5.69 Å². The predicted octanol–water partition coefficient (Wildman–Crippen LogP) is 3.11. The first-order valence-electron chi connectivity index (χ1n) is 8.41. The molecule has 2 aromatic rings. The summed E-state index contributed by atoms with van der Waals surface area (Å²) in [5.74, 6) is 1.80. The number of amides is 1. The van der Waals surface area contributed by atoms with E-state index in [1.807, 2.05) is 52.8 Å². The van der Waals surface area contributed by atoms with Crippen LogP contribution in [-0.2, 0) is 10.2 Å². The van der Waals surface area contributed by atoms with Gasteiger partial charge >= 0.3 is 0 Å². The Morgan fingerprint density at radius 2 is 2.00 bits per heavy atom. The highest BCUT2D eigenvalue weighted by molar-refractivity contribution is 5.95. The van der Waals surface area contributed by atoms with Crippen LogP contribution >= 0.6 is 0 Å². The third kappa shape index (κ3) is 3.82. The van der Waals surface area contributed by atoms with Crippen molar-refractivity contribution in [3.63, 3.8) is 0 Å². The van der Waals surface area contributed by atoms with Gasteiger partial charge in [0.25, 0.3) is 5.91 Å². The number of fused-ring (bicyclic) bond motifs is 1. The van der Waals surface area contributed by atoms with Crippen molar-refractivity contribution in [1.82, 2.24) is 15.5 Å². The van der Waals surface area contributed by atoms with Crippen molar-refractivity contribution in [3.8, 4) is 5.75 Å². The van der Waals surface area contributed by atoms with Crippen LogP contribution in [0.2, 0.25) is 0 Å². The maximum absolute atomic E-state index is 11.5. The van der Waals surface area contributed by atoms with E-state index >= 15 is 0 Å². The van der Waals surface area contributed by atoms with Gasteiger partial charge in [-0.3, -0.25) is 10.1 Å². The molecule has 1 aromatic carbocycles. The number of nitrogens with zero attached hydrogens (tertiary/aromatic N) is 2. The van der Waals surface area contributed by atoms with E-state index in [0.29, 0.717) is 23.2 Å². The minimum atomic E-state index is -0.149. The van der Waals surface area contributed by atoms with E-state index in [1.54, 1.807) is 0 Å². The van der Waals surface area contributed by atoms with Crippen molar-refractivity contribution in [1.29, 1.82) is 0 Å². The summed E-state index contributed by atoms with van der Waals surface area (Å²) in [5, 5.41) is 10.3. The molecule has 0 aliphatic carbocycles. The molecule has 1 aliphatic rings. The summed E-state index contributed by atoms with van der Waals surface area (Å²) in [6, 6.07) is 5.71. The van der Waals surface area contributed by atoms with Crippen molar-refractivity contribution in [2.75, 3.05) is 11.9 Å².